The lowest BCUT2D eigenvalue weighted by molar-refractivity contribution is 0.573. The monoisotopic (exact) mass is 293 g/mol. The minimum absolute atomic E-state index is 0.493. The average Bonchev–Trinajstić information content (AvgIpc) is 2.41. The van der Waals surface area contributed by atoms with Gasteiger partial charge in [-0.25, -0.2) is 0 Å². The molecule has 1 N–H and O–H groups in total. The second-order valence-corrected chi connectivity index (χ2v) is 7.27. The molecule has 0 aliphatic carbocycles. The van der Waals surface area contributed by atoms with Crippen LogP contribution in [0.3, 0.4) is 0 Å². The Morgan fingerprint density at radius 3 is 2.60 bits per heavy atom. The Bertz CT molecular complexity index is 387. The van der Waals surface area contributed by atoms with Crippen LogP contribution in [0.15, 0.2) is 18.2 Å². The number of thioether (sulfide) groups is 1. The van der Waals surface area contributed by atoms with Crippen molar-refractivity contribution in [1.29, 1.82) is 0 Å². The smallest absolute Gasteiger partial charge is 0.0414 e. The van der Waals surface area contributed by atoms with Gasteiger partial charge in [-0.15, -0.1) is 0 Å². The van der Waals surface area contributed by atoms with Crippen molar-refractivity contribution in [2.75, 3.05) is 18.1 Å². The van der Waals surface area contributed by atoms with Gasteiger partial charge in [0.2, 0.25) is 0 Å². The average molecular weight is 294 g/mol. The summed E-state index contributed by atoms with van der Waals surface area (Å²) in [4.78, 5) is 0. The third-order valence-corrected chi connectivity index (χ3v) is 4.67. The maximum absolute atomic E-state index is 3.72. The van der Waals surface area contributed by atoms with Gasteiger partial charge in [0.15, 0.2) is 0 Å². The highest BCUT2D eigenvalue weighted by atomic mass is 32.2. The van der Waals surface area contributed by atoms with Gasteiger partial charge >= 0.3 is 0 Å². The van der Waals surface area contributed by atoms with Gasteiger partial charge in [0, 0.05) is 11.8 Å². The van der Waals surface area contributed by atoms with Gasteiger partial charge in [0.1, 0.15) is 0 Å². The summed E-state index contributed by atoms with van der Waals surface area (Å²) in [5.41, 5.74) is 4.25. The summed E-state index contributed by atoms with van der Waals surface area (Å²) in [7, 11) is 0. The van der Waals surface area contributed by atoms with Crippen LogP contribution in [0.1, 0.15) is 56.3 Å². The Morgan fingerprint density at radius 2 is 1.95 bits per heavy atom. The molecular formula is C18H31NS. The standard InChI is InChI=1S/C18H31NS/c1-6-10-19-18(13-20-11-9-14(2)3)17-12-15(4)7-8-16(17)5/h7-8,12,14,18-19H,6,9-11,13H2,1-5H3. The fourth-order valence-electron chi connectivity index (χ4n) is 2.23. The zero-order valence-electron chi connectivity index (χ0n) is 13.8. The first-order valence-corrected chi connectivity index (χ1v) is 9.08. The van der Waals surface area contributed by atoms with Crippen LogP contribution in [0.5, 0.6) is 0 Å². The Morgan fingerprint density at radius 1 is 1.20 bits per heavy atom. The van der Waals surface area contributed by atoms with Crippen LogP contribution in [0.25, 0.3) is 0 Å². The van der Waals surface area contributed by atoms with Gasteiger partial charge in [-0.2, -0.15) is 11.8 Å². The second kappa shape index (κ2) is 9.46. The molecule has 0 heterocycles. The van der Waals surface area contributed by atoms with Crippen molar-refractivity contribution < 1.29 is 0 Å². The lowest BCUT2D eigenvalue weighted by Crippen LogP contribution is -2.25. The van der Waals surface area contributed by atoms with E-state index >= 15 is 0 Å². The summed E-state index contributed by atoms with van der Waals surface area (Å²) in [5, 5.41) is 3.72. The third kappa shape index (κ3) is 6.32. The number of rotatable bonds is 9. The largest absolute Gasteiger partial charge is 0.309 e. The number of benzene rings is 1. The van der Waals surface area contributed by atoms with Crippen LogP contribution in [-0.2, 0) is 0 Å². The van der Waals surface area contributed by atoms with Gasteiger partial charge in [0.25, 0.3) is 0 Å². The summed E-state index contributed by atoms with van der Waals surface area (Å²) in [6.07, 6.45) is 2.51. The first-order valence-electron chi connectivity index (χ1n) is 7.92. The molecule has 0 radical (unpaired) electrons. The lowest BCUT2D eigenvalue weighted by Gasteiger charge is -2.21. The molecule has 1 nitrogen and oxygen atoms in total. The fraction of sp³-hybridized carbons (Fsp3) is 0.667. The summed E-state index contributed by atoms with van der Waals surface area (Å²) >= 11 is 2.09. The maximum atomic E-state index is 3.72. The van der Waals surface area contributed by atoms with E-state index in [4.69, 9.17) is 0 Å². The number of hydrogen-bond donors (Lipinski definition) is 1. The van der Waals surface area contributed by atoms with Gasteiger partial charge in [0.05, 0.1) is 0 Å². The molecule has 0 saturated heterocycles. The van der Waals surface area contributed by atoms with Crippen molar-refractivity contribution in [2.45, 2.75) is 53.5 Å². The molecule has 0 aromatic heterocycles. The molecule has 0 spiro atoms. The van der Waals surface area contributed by atoms with Crippen molar-refractivity contribution in [2.24, 2.45) is 5.92 Å². The molecule has 1 unspecified atom stereocenters. The highest BCUT2D eigenvalue weighted by Crippen LogP contribution is 2.24. The molecule has 1 rings (SSSR count). The first kappa shape index (κ1) is 17.6. The molecule has 0 aliphatic rings. The molecular weight excluding hydrogens is 262 g/mol. The summed E-state index contributed by atoms with van der Waals surface area (Å²) in [6, 6.07) is 7.31. The molecule has 1 atom stereocenters. The van der Waals surface area contributed by atoms with Crippen LogP contribution in [0.4, 0.5) is 0 Å². The minimum Gasteiger partial charge on any atom is -0.309 e. The van der Waals surface area contributed by atoms with Crippen LogP contribution in [0, 0.1) is 19.8 Å². The van der Waals surface area contributed by atoms with Crippen molar-refractivity contribution >= 4 is 11.8 Å². The van der Waals surface area contributed by atoms with E-state index in [2.05, 4.69) is 69.9 Å². The van der Waals surface area contributed by atoms with Gasteiger partial charge in [-0.05, 0) is 56.0 Å². The Kier molecular flexibility index (Phi) is 8.32. The number of aryl methyl sites for hydroxylation is 2. The van der Waals surface area contributed by atoms with Gasteiger partial charge < -0.3 is 5.32 Å². The van der Waals surface area contributed by atoms with Crippen molar-refractivity contribution in [3.8, 4) is 0 Å². The molecule has 0 amide bonds. The highest BCUT2D eigenvalue weighted by Gasteiger charge is 2.13. The Labute approximate surface area is 129 Å². The van der Waals surface area contributed by atoms with Crippen molar-refractivity contribution in [3.05, 3.63) is 34.9 Å². The van der Waals surface area contributed by atoms with Crippen molar-refractivity contribution in [1.82, 2.24) is 5.32 Å². The lowest BCUT2D eigenvalue weighted by atomic mass is 10.00. The minimum atomic E-state index is 0.493. The van der Waals surface area contributed by atoms with Gasteiger partial charge in [-0.1, -0.05) is 44.5 Å². The predicted molar refractivity (Wildman–Crippen MR) is 93.7 cm³/mol. The number of nitrogens with one attached hydrogen (secondary N) is 1. The van der Waals surface area contributed by atoms with E-state index in [0.717, 1.165) is 12.5 Å². The molecule has 114 valence electrons. The van der Waals surface area contributed by atoms with E-state index in [1.807, 2.05) is 0 Å². The van der Waals surface area contributed by atoms with Gasteiger partial charge in [-0.3, -0.25) is 0 Å². The van der Waals surface area contributed by atoms with E-state index in [0.29, 0.717) is 6.04 Å². The van der Waals surface area contributed by atoms with E-state index < -0.39 is 0 Å². The van der Waals surface area contributed by atoms with Crippen LogP contribution in [0.2, 0.25) is 0 Å². The summed E-state index contributed by atoms with van der Waals surface area (Å²) in [5.74, 6) is 3.26. The predicted octanol–water partition coefficient (Wildman–Crippen LogP) is 5.12. The molecule has 1 aromatic carbocycles. The van der Waals surface area contributed by atoms with Crippen LogP contribution < -0.4 is 5.32 Å². The third-order valence-electron chi connectivity index (χ3n) is 3.57. The van der Waals surface area contributed by atoms with Crippen LogP contribution >= 0.6 is 11.8 Å². The zero-order chi connectivity index (χ0) is 15.0. The molecule has 1 aromatic rings. The Balaban J connectivity index is 2.65. The molecule has 0 aliphatic heterocycles. The Hall–Kier alpha value is -0.470. The van der Waals surface area contributed by atoms with E-state index in [-0.39, 0.29) is 0 Å². The molecule has 20 heavy (non-hydrogen) atoms. The topological polar surface area (TPSA) is 12.0 Å². The SMILES string of the molecule is CCCNC(CSCCC(C)C)c1cc(C)ccc1C. The quantitative estimate of drug-likeness (QED) is 0.634. The van der Waals surface area contributed by atoms with E-state index in [1.54, 1.807) is 0 Å². The molecule has 0 saturated carbocycles. The molecule has 2 heteroatoms. The summed E-state index contributed by atoms with van der Waals surface area (Å²) < 4.78 is 0. The fourth-order valence-corrected chi connectivity index (χ4v) is 3.57. The normalized spacial score (nSPS) is 12.9. The summed E-state index contributed by atoms with van der Waals surface area (Å²) in [6.45, 7) is 12.4. The highest BCUT2D eigenvalue weighted by molar-refractivity contribution is 7.99. The number of hydrogen-bond acceptors (Lipinski definition) is 2. The van der Waals surface area contributed by atoms with E-state index in [9.17, 15) is 0 Å². The maximum Gasteiger partial charge on any atom is 0.0414 e. The van der Waals surface area contributed by atoms with Crippen molar-refractivity contribution in [3.63, 3.8) is 0 Å². The first-order chi connectivity index (χ1) is 9.54. The molecule has 0 fully saturated rings. The van der Waals surface area contributed by atoms with Crippen LogP contribution in [-0.4, -0.2) is 18.1 Å². The molecule has 0 bridgehead atoms. The van der Waals surface area contributed by atoms with E-state index in [1.165, 1.54) is 41.0 Å². The zero-order valence-corrected chi connectivity index (χ0v) is 14.6. The second-order valence-electron chi connectivity index (χ2n) is 6.12.